The summed E-state index contributed by atoms with van der Waals surface area (Å²) in [6.07, 6.45) is -0.517. The third-order valence-electron chi connectivity index (χ3n) is 5.82. The lowest BCUT2D eigenvalue weighted by atomic mass is 10.0. The normalized spacial score (nSPS) is 22.5. The minimum Gasteiger partial charge on any atom is -0.374 e. The SMILES string of the molecule is CCOC1C[C@@H](OCc2ccccc2)[C@H](OCc2ccccc2)[C@@H](COCc2ccccc2)O1. The van der Waals surface area contributed by atoms with E-state index in [4.69, 9.17) is 23.7 Å². The second-order valence-corrected chi connectivity index (χ2v) is 8.39. The van der Waals surface area contributed by atoms with Crippen molar-refractivity contribution in [3.05, 3.63) is 108 Å². The van der Waals surface area contributed by atoms with Crippen LogP contribution >= 0.6 is 0 Å². The van der Waals surface area contributed by atoms with Crippen molar-refractivity contribution in [2.24, 2.45) is 0 Å². The maximum atomic E-state index is 6.43. The monoisotopic (exact) mass is 462 g/mol. The lowest BCUT2D eigenvalue weighted by Crippen LogP contribution is -2.53. The second kappa shape index (κ2) is 13.4. The Kier molecular flexibility index (Phi) is 9.67. The summed E-state index contributed by atoms with van der Waals surface area (Å²) in [6, 6.07) is 30.5. The minimum atomic E-state index is -0.354. The van der Waals surface area contributed by atoms with Gasteiger partial charge in [0.1, 0.15) is 12.2 Å². The van der Waals surface area contributed by atoms with Gasteiger partial charge < -0.3 is 23.7 Å². The molecular weight excluding hydrogens is 428 g/mol. The van der Waals surface area contributed by atoms with Crippen molar-refractivity contribution in [3.63, 3.8) is 0 Å². The van der Waals surface area contributed by atoms with Crippen LogP contribution in [0.5, 0.6) is 0 Å². The zero-order chi connectivity index (χ0) is 23.4. The van der Waals surface area contributed by atoms with Crippen molar-refractivity contribution in [1.82, 2.24) is 0 Å². The highest BCUT2D eigenvalue weighted by Gasteiger charge is 2.41. The van der Waals surface area contributed by atoms with Crippen LogP contribution in [-0.4, -0.2) is 37.8 Å². The van der Waals surface area contributed by atoms with Crippen LogP contribution in [-0.2, 0) is 43.5 Å². The molecule has 3 aromatic carbocycles. The Labute approximate surface area is 202 Å². The van der Waals surface area contributed by atoms with Gasteiger partial charge in [-0.15, -0.1) is 0 Å². The molecule has 0 radical (unpaired) electrons. The van der Waals surface area contributed by atoms with Crippen LogP contribution in [0.15, 0.2) is 91.0 Å². The highest BCUT2D eigenvalue weighted by atomic mass is 16.7. The molecule has 1 aliphatic rings. The highest BCUT2D eigenvalue weighted by Crippen LogP contribution is 2.28. The molecule has 5 nitrogen and oxygen atoms in total. The fourth-order valence-corrected chi connectivity index (χ4v) is 4.11. The number of hydrogen-bond donors (Lipinski definition) is 0. The van der Waals surface area contributed by atoms with E-state index < -0.39 is 0 Å². The van der Waals surface area contributed by atoms with Crippen LogP contribution < -0.4 is 0 Å². The summed E-state index contributed by atoms with van der Waals surface area (Å²) in [7, 11) is 0. The van der Waals surface area contributed by atoms with E-state index in [2.05, 4.69) is 36.4 Å². The molecule has 5 heteroatoms. The van der Waals surface area contributed by atoms with E-state index in [1.165, 1.54) is 0 Å². The molecule has 180 valence electrons. The van der Waals surface area contributed by atoms with Gasteiger partial charge >= 0.3 is 0 Å². The summed E-state index contributed by atoms with van der Waals surface area (Å²) < 4.78 is 31.0. The molecule has 34 heavy (non-hydrogen) atoms. The Morgan fingerprint density at radius 1 is 0.676 bits per heavy atom. The summed E-state index contributed by atoms with van der Waals surface area (Å²) in [5, 5.41) is 0. The fraction of sp³-hybridized carbons (Fsp3) is 0.379. The zero-order valence-corrected chi connectivity index (χ0v) is 19.8. The highest BCUT2D eigenvalue weighted by molar-refractivity contribution is 5.15. The van der Waals surface area contributed by atoms with Gasteiger partial charge in [-0.1, -0.05) is 91.0 Å². The Bertz CT molecular complexity index is 935. The van der Waals surface area contributed by atoms with Crippen LogP contribution in [0.25, 0.3) is 0 Å². The summed E-state index contributed by atoms with van der Waals surface area (Å²) >= 11 is 0. The van der Waals surface area contributed by atoms with Gasteiger partial charge in [0, 0.05) is 13.0 Å². The Morgan fingerprint density at radius 2 is 1.21 bits per heavy atom. The lowest BCUT2D eigenvalue weighted by molar-refractivity contribution is -0.277. The van der Waals surface area contributed by atoms with Crippen molar-refractivity contribution >= 4 is 0 Å². The first-order chi connectivity index (χ1) is 16.8. The summed E-state index contributed by atoms with van der Waals surface area (Å²) in [5.41, 5.74) is 3.36. The van der Waals surface area contributed by atoms with Gasteiger partial charge in [-0.3, -0.25) is 0 Å². The van der Waals surface area contributed by atoms with Gasteiger partial charge in [0.25, 0.3) is 0 Å². The van der Waals surface area contributed by atoms with Gasteiger partial charge in [0.05, 0.1) is 32.5 Å². The first-order valence-electron chi connectivity index (χ1n) is 12.0. The molecule has 1 unspecified atom stereocenters. The van der Waals surface area contributed by atoms with E-state index in [1.807, 2.05) is 61.5 Å². The molecule has 0 spiro atoms. The third-order valence-corrected chi connectivity index (χ3v) is 5.82. The number of rotatable bonds is 12. The predicted octanol–water partition coefficient (Wildman–Crippen LogP) is 5.53. The van der Waals surface area contributed by atoms with E-state index in [1.54, 1.807) is 0 Å². The van der Waals surface area contributed by atoms with E-state index in [0.717, 1.165) is 16.7 Å². The van der Waals surface area contributed by atoms with Crippen molar-refractivity contribution in [1.29, 1.82) is 0 Å². The molecule has 4 atom stereocenters. The van der Waals surface area contributed by atoms with Crippen molar-refractivity contribution in [2.75, 3.05) is 13.2 Å². The van der Waals surface area contributed by atoms with Crippen LogP contribution in [0.2, 0.25) is 0 Å². The Morgan fingerprint density at radius 3 is 1.76 bits per heavy atom. The first kappa shape index (κ1) is 24.6. The maximum absolute atomic E-state index is 6.43. The molecule has 0 aromatic heterocycles. The predicted molar refractivity (Wildman–Crippen MR) is 131 cm³/mol. The quantitative estimate of drug-likeness (QED) is 0.354. The smallest absolute Gasteiger partial charge is 0.160 e. The average Bonchev–Trinajstić information content (AvgIpc) is 2.89. The molecule has 1 fully saturated rings. The lowest BCUT2D eigenvalue weighted by Gasteiger charge is -2.41. The molecular formula is C29H34O5. The fourth-order valence-electron chi connectivity index (χ4n) is 4.11. The molecule has 0 amide bonds. The standard InChI is InChI=1S/C29H34O5/c1-2-31-28-18-26(32-20-24-14-8-4-9-15-24)29(33-21-25-16-10-5-11-17-25)27(34-28)22-30-19-23-12-6-3-7-13-23/h3-17,26-29H,2,18-22H2,1H3/t26-,27-,28?,29+/m1/s1. The van der Waals surface area contributed by atoms with E-state index in [9.17, 15) is 0 Å². The summed E-state index contributed by atoms with van der Waals surface area (Å²) in [4.78, 5) is 0. The second-order valence-electron chi connectivity index (χ2n) is 8.39. The van der Waals surface area contributed by atoms with Crippen LogP contribution in [0.3, 0.4) is 0 Å². The molecule has 3 aromatic rings. The van der Waals surface area contributed by atoms with Crippen molar-refractivity contribution < 1.29 is 23.7 Å². The van der Waals surface area contributed by atoms with Gasteiger partial charge in [0.2, 0.25) is 0 Å². The van der Waals surface area contributed by atoms with Gasteiger partial charge in [-0.2, -0.15) is 0 Å². The maximum Gasteiger partial charge on any atom is 0.160 e. The molecule has 1 heterocycles. The average molecular weight is 463 g/mol. The van der Waals surface area contributed by atoms with E-state index >= 15 is 0 Å². The summed E-state index contributed by atoms with van der Waals surface area (Å²) in [6.45, 7) is 4.44. The summed E-state index contributed by atoms with van der Waals surface area (Å²) in [5.74, 6) is 0. The first-order valence-corrected chi connectivity index (χ1v) is 12.0. The van der Waals surface area contributed by atoms with E-state index in [-0.39, 0.29) is 24.6 Å². The third kappa shape index (κ3) is 7.49. The number of benzene rings is 3. The molecule has 0 N–H and O–H groups in total. The van der Waals surface area contributed by atoms with Crippen LogP contribution in [0.1, 0.15) is 30.0 Å². The molecule has 0 bridgehead atoms. The van der Waals surface area contributed by atoms with Crippen molar-refractivity contribution in [3.8, 4) is 0 Å². The largest absolute Gasteiger partial charge is 0.374 e. The van der Waals surface area contributed by atoms with E-state index in [0.29, 0.717) is 39.5 Å². The Balaban J connectivity index is 1.46. The molecule has 1 saturated heterocycles. The van der Waals surface area contributed by atoms with Crippen LogP contribution in [0.4, 0.5) is 0 Å². The zero-order valence-electron chi connectivity index (χ0n) is 19.8. The molecule has 4 rings (SSSR count). The minimum absolute atomic E-state index is 0.181. The van der Waals surface area contributed by atoms with Crippen molar-refractivity contribution in [2.45, 2.75) is 57.8 Å². The topological polar surface area (TPSA) is 46.2 Å². The number of hydrogen-bond acceptors (Lipinski definition) is 5. The van der Waals surface area contributed by atoms with Gasteiger partial charge in [-0.25, -0.2) is 0 Å². The Hall–Kier alpha value is -2.54. The molecule has 0 aliphatic carbocycles. The molecule has 1 aliphatic heterocycles. The van der Waals surface area contributed by atoms with Crippen LogP contribution in [0, 0.1) is 0 Å². The molecule has 0 saturated carbocycles. The van der Waals surface area contributed by atoms with Gasteiger partial charge in [0.15, 0.2) is 6.29 Å². The van der Waals surface area contributed by atoms with Gasteiger partial charge in [-0.05, 0) is 23.6 Å². The number of ether oxygens (including phenoxy) is 5.